The van der Waals surface area contributed by atoms with E-state index in [1.54, 1.807) is 0 Å². The Bertz CT molecular complexity index is 749. The monoisotopic (exact) mass is 390 g/mol. The van der Waals surface area contributed by atoms with E-state index in [1.807, 2.05) is 43.3 Å². The summed E-state index contributed by atoms with van der Waals surface area (Å²) in [4.78, 5) is 11.9. The molecule has 0 unspecified atom stereocenters. The molecule has 2 aromatic carbocycles. The molecule has 0 saturated carbocycles. The van der Waals surface area contributed by atoms with Crippen molar-refractivity contribution in [2.45, 2.75) is 13.3 Å². The normalized spacial score (nSPS) is 12.6. The van der Waals surface area contributed by atoms with Gasteiger partial charge in [-0.05, 0) is 48.7 Å². The van der Waals surface area contributed by atoms with Crippen LogP contribution in [-0.4, -0.2) is 25.8 Å². The van der Waals surface area contributed by atoms with Crippen LogP contribution in [0.15, 0.2) is 40.9 Å². The first-order valence-corrected chi connectivity index (χ1v) is 8.60. The van der Waals surface area contributed by atoms with Crippen LogP contribution in [0, 0.1) is 6.92 Å². The van der Waals surface area contributed by atoms with Crippen molar-refractivity contribution < 1.29 is 14.3 Å². The Balaban J connectivity index is 1.49. The molecule has 1 heterocycles. The summed E-state index contributed by atoms with van der Waals surface area (Å²) in [6.07, 6.45) is 0.724. The molecule has 0 spiro atoms. The summed E-state index contributed by atoms with van der Waals surface area (Å²) in [7, 11) is 0. The number of hydrogen-bond donors (Lipinski definition) is 2. The lowest BCUT2D eigenvalue weighted by atomic mass is 10.1. The first-order chi connectivity index (χ1) is 11.6. The second kappa shape index (κ2) is 7.57. The summed E-state index contributed by atoms with van der Waals surface area (Å²) in [5.41, 5.74) is 2.97. The van der Waals surface area contributed by atoms with E-state index in [0.29, 0.717) is 19.8 Å². The zero-order chi connectivity index (χ0) is 16.9. The van der Waals surface area contributed by atoms with Gasteiger partial charge >= 0.3 is 6.03 Å². The second-order valence-corrected chi connectivity index (χ2v) is 6.43. The van der Waals surface area contributed by atoms with Crippen LogP contribution in [0.1, 0.15) is 11.1 Å². The molecule has 0 saturated heterocycles. The standard InChI is InChI=1S/C18H19BrN2O3/c1-12-2-4-14(11-15(12)19)21-18(22)20-7-6-13-3-5-16-17(10-13)24-9-8-23-16/h2-5,10-11H,6-9H2,1H3,(H2,20,21,22). The number of carbonyl (C=O) groups is 1. The molecule has 0 fully saturated rings. The van der Waals surface area contributed by atoms with E-state index in [4.69, 9.17) is 9.47 Å². The van der Waals surface area contributed by atoms with E-state index in [2.05, 4.69) is 26.6 Å². The molecule has 5 nitrogen and oxygen atoms in total. The number of anilines is 1. The number of benzene rings is 2. The maximum absolute atomic E-state index is 11.9. The minimum Gasteiger partial charge on any atom is -0.486 e. The summed E-state index contributed by atoms with van der Waals surface area (Å²) >= 11 is 3.46. The zero-order valence-corrected chi connectivity index (χ0v) is 15.0. The number of halogens is 1. The average Bonchev–Trinajstić information content (AvgIpc) is 2.58. The number of ether oxygens (including phenoxy) is 2. The number of urea groups is 1. The first-order valence-electron chi connectivity index (χ1n) is 7.81. The molecular formula is C18H19BrN2O3. The van der Waals surface area contributed by atoms with Crippen LogP contribution in [0.4, 0.5) is 10.5 Å². The minimum atomic E-state index is -0.219. The summed E-state index contributed by atoms with van der Waals surface area (Å²) in [5, 5.41) is 5.68. The highest BCUT2D eigenvalue weighted by atomic mass is 79.9. The number of rotatable bonds is 4. The molecule has 0 atom stereocenters. The molecule has 2 aromatic rings. The lowest BCUT2D eigenvalue weighted by Crippen LogP contribution is -2.30. The maximum atomic E-state index is 11.9. The minimum absolute atomic E-state index is 0.219. The van der Waals surface area contributed by atoms with Crippen LogP contribution in [0.5, 0.6) is 11.5 Å². The fraction of sp³-hybridized carbons (Fsp3) is 0.278. The predicted octanol–water partition coefficient (Wildman–Crippen LogP) is 3.89. The van der Waals surface area contributed by atoms with Crippen molar-refractivity contribution in [3.8, 4) is 11.5 Å². The van der Waals surface area contributed by atoms with Gasteiger partial charge in [0.25, 0.3) is 0 Å². The largest absolute Gasteiger partial charge is 0.486 e. The van der Waals surface area contributed by atoms with Crippen LogP contribution in [0.3, 0.4) is 0 Å². The van der Waals surface area contributed by atoms with Gasteiger partial charge in [0.1, 0.15) is 13.2 Å². The summed E-state index contributed by atoms with van der Waals surface area (Å²) < 4.78 is 12.0. The van der Waals surface area contributed by atoms with E-state index in [9.17, 15) is 4.79 Å². The Labute approximate surface area is 149 Å². The molecule has 0 radical (unpaired) electrons. The fourth-order valence-electron chi connectivity index (χ4n) is 2.41. The van der Waals surface area contributed by atoms with Crippen molar-refractivity contribution in [3.63, 3.8) is 0 Å². The number of amides is 2. The lowest BCUT2D eigenvalue weighted by molar-refractivity contribution is 0.171. The third kappa shape index (κ3) is 4.20. The van der Waals surface area contributed by atoms with Gasteiger partial charge in [-0.2, -0.15) is 0 Å². The molecule has 1 aliphatic heterocycles. The molecule has 1 aliphatic rings. The van der Waals surface area contributed by atoms with E-state index in [-0.39, 0.29) is 6.03 Å². The molecule has 6 heteroatoms. The highest BCUT2D eigenvalue weighted by Gasteiger charge is 2.11. The van der Waals surface area contributed by atoms with Crippen LogP contribution in [0.25, 0.3) is 0 Å². The summed E-state index contributed by atoms with van der Waals surface area (Å²) in [6.45, 7) is 3.70. The second-order valence-electron chi connectivity index (χ2n) is 5.57. The highest BCUT2D eigenvalue weighted by Crippen LogP contribution is 2.30. The van der Waals surface area contributed by atoms with Crippen molar-refractivity contribution in [2.24, 2.45) is 0 Å². The molecule has 3 rings (SSSR count). The zero-order valence-electron chi connectivity index (χ0n) is 13.4. The lowest BCUT2D eigenvalue weighted by Gasteiger charge is -2.18. The van der Waals surface area contributed by atoms with Gasteiger partial charge in [0.15, 0.2) is 11.5 Å². The highest BCUT2D eigenvalue weighted by molar-refractivity contribution is 9.10. The van der Waals surface area contributed by atoms with Crippen molar-refractivity contribution in [1.82, 2.24) is 5.32 Å². The first kappa shape index (κ1) is 16.6. The third-order valence-electron chi connectivity index (χ3n) is 3.74. The smallest absolute Gasteiger partial charge is 0.319 e. The van der Waals surface area contributed by atoms with Gasteiger partial charge in [0, 0.05) is 16.7 Å². The Morgan fingerprint density at radius 3 is 2.71 bits per heavy atom. The Hall–Kier alpha value is -2.21. The van der Waals surface area contributed by atoms with E-state index in [0.717, 1.165) is 39.2 Å². The van der Waals surface area contributed by atoms with Crippen molar-refractivity contribution in [1.29, 1.82) is 0 Å². The molecule has 0 aliphatic carbocycles. The van der Waals surface area contributed by atoms with Crippen molar-refractivity contribution in [3.05, 3.63) is 52.0 Å². The average molecular weight is 391 g/mol. The molecule has 0 aromatic heterocycles. The van der Waals surface area contributed by atoms with Crippen LogP contribution >= 0.6 is 15.9 Å². The number of hydrogen-bond acceptors (Lipinski definition) is 3. The fourth-order valence-corrected chi connectivity index (χ4v) is 2.79. The van der Waals surface area contributed by atoms with E-state index < -0.39 is 0 Å². The van der Waals surface area contributed by atoms with Crippen molar-refractivity contribution in [2.75, 3.05) is 25.1 Å². The summed E-state index contributed by atoms with van der Waals surface area (Å²) in [5.74, 6) is 1.55. The number of aryl methyl sites for hydroxylation is 1. The van der Waals surface area contributed by atoms with Crippen LogP contribution in [0.2, 0.25) is 0 Å². The third-order valence-corrected chi connectivity index (χ3v) is 4.59. The van der Waals surface area contributed by atoms with Gasteiger partial charge in [0.05, 0.1) is 0 Å². The Kier molecular flexibility index (Phi) is 5.25. The van der Waals surface area contributed by atoms with E-state index in [1.165, 1.54) is 0 Å². The maximum Gasteiger partial charge on any atom is 0.319 e. The van der Waals surface area contributed by atoms with Gasteiger partial charge in [-0.1, -0.05) is 28.1 Å². The van der Waals surface area contributed by atoms with Gasteiger partial charge in [0.2, 0.25) is 0 Å². The molecular weight excluding hydrogens is 372 g/mol. The quantitative estimate of drug-likeness (QED) is 0.832. The topological polar surface area (TPSA) is 59.6 Å². The molecule has 0 bridgehead atoms. The van der Waals surface area contributed by atoms with Gasteiger partial charge in [-0.3, -0.25) is 0 Å². The van der Waals surface area contributed by atoms with E-state index >= 15 is 0 Å². The van der Waals surface area contributed by atoms with Crippen LogP contribution in [-0.2, 0) is 6.42 Å². The van der Waals surface area contributed by atoms with Gasteiger partial charge in [-0.25, -0.2) is 4.79 Å². The molecule has 126 valence electrons. The summed E-state index contributed by atoms with van der Waals surface area (Å²) in [6, 6.07) is 11.4. The number of fused-ring (bicyclic) bond motifs is 1. The number of nitrogens with one attached hydrogen (secondary N) is 2. The number of carbonyl (C=O) groups excluding carboxylic acids is 1. The molecule has 2 N–H and O–H groups in total. The molecule has 2 amide bonds. The molecule has 24 heavy (non-hydrogen) atoms. The van der Waals surface area contributed by atoms with Crippen molar-refractivity contribution >= 4 is 27.6 Å². The van der Waals surface area contributed by atoms with Gasteiger partial charge < -0.3 is 20.1 Å². The van der Waals surface area contributed by atoms with Gasteiger partial charge in [-0.15, -0.1) is 0 Å². The SMILES string of the molecule is Cc1ccc(NC(=O)NCCc2ccc3c(c2)OCCO3)cc1Br. The van der Waals surface area contributed by atoms with Crippen LogP contribution < -0.4 is 20.1 Å². The Morgan fingerprint density at radius 2 is 1.92 bits per heavy atom. The Morgan fingerprint density at radius 1 is 1.12 bits per heavy atom. The predicted molar refractivity (Wildman–Crippen MR) is 97.0 cm³/mol.